The summed E-state index contributed by atoms with van der Waals surface area (Å²) < 4.78 is 0. The van der Waals surface area contributed by atoms with Gasteiger partial charge >= 0.3 is 0 Å². The summed E-state index contributed by atoms with van der Waals surface area (Å²) in [4.78, 5) is 12.0. The molecule has 0 saturated heterocycles. The third-order valence-electron chi connectivity index (χ3n) is 3.45. The van der Waals surface area contributed by atoms with Gasteiger partial charge in [-0.25, -0.2) is 5.43 Å². The molecule has 1 amide bonds. The van der Waals surface area contributed by atoms with E-state index in [0.29, 0.717) is 27.4 Å². The van der Waals surface area contributed by atoms with Crippen LogP contribution in [0.2, 0.25) is 10.0 Å². The highest BCUT2D eigenvalue weighted by molar-refractivity contribution is 6.35. The average Bonchev–Trinajstić information content (AvgIpc) is 3.20. The van der Waals surface area contributed by atoms with Gasteiger partial charge in [0.2, 0.25) is 0 Å². The number of carbonyl (C=O) groups is 1. The number of halogens is 2. The van der Waals surface area contributed by atoms with E-state index in [9.17, 15) is 4.79 Å². The van der Waals surface area contributed by atoms with E-state index in [1.807, 2.05) is 0 Å². The monoisotopic (exact) mass is 336 g/mol. The molecule has 114 valence electrons. The van der Waals surface area contributed by atoms with Crippen molar-refractivity contribution in [2.45, 2.75) is 25.7 Å². The number of hydrazone groups is 1. The Morgan fingerprint density at radius 3 is 2.59 bits per heavy atom. The molecular formula is C15H14Cl2N4O. The summed E-state index contributed by atoms with van der Waals surface area (Å²) in [5, 5.41) is 12.0. The number of H-pyrrole nitrogens is 1. The molecule has 0 spiro atoms. The van der Waals surface area contributed by atoms with Crippen molar-refractivity contribution in [2.24, 2.45) is 5.10 Å². The molecule has 0 unspecified atom stereocenters. The van der Waals surface area contributed by atoms with E-state index >= 15 is 0 Å². The van der Waals surface area contributed by atoms with Gasteiger partial charge in [0, 0.05) is 27.2 Å². The zero-order valence-electron chi connectivity index (χ0n) is 11.9. The quantitative estimate of drug-likeness (QED) is 0.659. The Bertz CT molecular complexity index is 730. The molecule has 1 heterocycles. The fraction of sp³-hybridized carbons (Fsp3) is 0.267. The number of nitrogens with one attached hydrogen (secondary N) is 2. The summed E-state index contributed by atoms with van der Waals surface area (Å²) in [7, 11) is 0. The summed E-state index contributed by atoms with van der Waals surface area (Å²) in [5.41, 5.74) is 5.19. The number of nitrogens with zero attached hydrogens (tertiary/aromatic N) is 2. The first-order valence-corrected chi connectivity index (χ1v) is 7.65. The molecule has 1 aromatic carbocycles. The molecule has 2 N–H and O–H groups in total. The van der Waals surface area contributed by atoms with Crippen molar-refractivity contribution < 1.29 is 4.79 Å². The summed E-state index contributed by atoms with van der Waals surface area (Å²) in [6, 6.07) is 6.88. The molecule has 3 rings (SSSR count). The van der Waals surface area contributed by atoms with Gasteiger partial charge in [0.15, 0.2) is 5.69 Å². The van der Waals surface area contributed by atoms with Crippen LogP contribution in [0.1, 0.15) is 47.4 Å². The molecule has 7 heteroatoms. The third kappa shape index (κ3) is 3.48. The van der Waals surface area contributed by atoms with E-state index in [1.54, 1.807) is 31.2 Å². The zero-order chi connectivity index (χ0) is 15.7. The maximum Gasteiger partial charge on any atom is 0.291 e. The highest BCUT2D eigenvalue weighted by Crippen LogP contribution is 2.38. The molecular weight excluding hydrogens is 323 g/mol. The normalized spacial score (nSPS) is 15.0. The van der Waals surface area contributed by atoms with Crippen LogP contribution >= 0.6 is 23.2 Å². The van der Waals surface area contributed by atoms with Crippen molar-refractivity contribution in [3.8, 4) is 0 Å². The Kier molecular flexibility index (Phi) is 4.18. The topological polar surface area (TPSA) is 70.1 Å². The first kappa shape index (κ1) is 15.1. The first-order chi connectivity index (χ1) is 10.5. The van der Waals surface area contributed by atoms with Crippen LogP contribution in [0, 0.1) is 0 Å². The molecule has 1 aliphatic carbocycles. The molecule has 1 fully saturated rings. The van der Waals surface area contributed by atoms with Gasteiger partial charge in [-0.1, -0.05) is 23.2 Å². The number of amides is 1. The Morgan fingerprint density at radius 2 is 1.95 bits per heavy atom. The molecule has 5 nitrogen and oxygen atoms in total. The number of rotatable bonds is 4. The highest BCUT2D eigenvalue weighted by Gasteiger charge is 2.26. The zero-order valence-corrected chi connectivity index (χ0v) is 13.4. The summed E-state index contributed by atoms with van der Waals surface area (Å²) >= 11 is 11.9. The van der Waals surface area contributed by atoms with Crippen LogP contribution in [0.15, 0.2) is 29.4 Å². The maximum atomic E-state index is 12.0. The minimum Gasteiger partial charge on any atom is -0.281 e. The number of aromatic amines is 1. The number of carbonyl (C=O) groups excluding carboxylic acids is 1. The minimum atomic E-state index is -0.351. The lowest BCUT2D eigenvalue weighted by atomic mass is 10.1. The molecule has 1 aromatic heterocycles. The Labute approximate surface area is 137 Å². The van der Waals surface area contributed by atoms with Gasteiger partial charge in [-0.05, 0) is 44.0 Å². The molecule has 22 heavy (non-hydrogen) atoms. The van der Waals surface area contributed by atoms with E-state index in [-0.39, 0.29) is 5.91 Å². The van der Waals surface area contributed by atoms with Crippen molar-refractivity contribution in [1.82, 2.24) is 15.6 Å². The van der Waals surface area contributed by atoms with Gasteiger partial charge < -0.3 is 0 Å². The fourth-order valence-corrected chi connectivity index (χ4v) is 2.60. The first-order valence-electron chi connectivity index (χ1n) is 6.89. The van der Waals surface area contributed by atoms with Crippen LogP contribution < -0.4 is 5.43 Å². The van der Waals surface area contributed by atoms with Crippen molar-refractivity contribution >= 4 is 34.8 Å². The van der Waals surface area contributed by atoms with Gasteiger partial charge in [0.1, 0.15) is 0 Å². The molecule has 1 aliphatic rings. The van der Waals surface area contributed by atoms with Crippen LogP contribution in [-0.2, 0) is 0 Å². The molecule has 0 bridgehead atoms. The Hall–Kier alpha value is -1.85. The van der Waals surface area contributed by atoms with Crippen LogP contribution in [-0.4, -0.2) is 21.8 Å². The van der Waals surface area contributed by atoms with Crippen LogP contribution in [0.4, 0.5) is 0 Å². The Balaban J connectivity index is 1.69. The van der Waals surface area contributed by atoms with Crippen LogP contribution in [0.5, 0.6) is 0 Å². The molecule has 0 atom stereocenters. The van der Waals surface area contributed by atoms with Crippen molar-refractivity contribution in [3.05, 3.63) is 51.3 Å². The minimum absolute atomic E-state index is 0.336. The lowest BCUT2D eigenvalue weighted by Crippen LogP contribution is -2.19. The molecule has 2 aromatic rings. The maximum absolute atomic E-state index is 12.0. The largest absolute Gasteiger partial charge is 0.291 e. The summed E-state index contributed by atoms with van der Waals surface area (Å²) in [6.45, 7) is 1.77. The van der Waals surface area contributed by atoms with Gasteiger partial charge in [-0.2, -0.15) is 10.2 Å². The second-order valence-corrected chi connectivity index (χ2v) is 6.15. The van der Waals surface area contributed by atoms with E-state index in [4.69, 9.17) is 23.2 Å². The van der Waals surface area contributed by atoms with Crippen molar-refractivity contribution in [2.75, 3.05) is 0 Å². The summed E-state index contributed by atoms with van der Waals surface area (Å²) in [6.07, 6.45) is 2.30. The highest BCUT2D eigenvalue weighted by atomic mass is 35.5. The number of hydrogen-bond acceptors (Lipinski definition) is 3. The molecule has 0 radical (unpaired) electrons. The van der Waals surface area contributed by atoms with Crippen LogP contribution in [0.25, 0.3) is 0 Å². The van der Waals surface area contributed by atoms with E-state index < -0.39 is 0 Å². The predicted octanol–water partition coefficient (Wildman–Crippen LogP) is 3.75. The lowest BCUT2D eigenvalue weighted by Gasteiger charge is -2.03. The SMILES string of the molecule is C/C(=N/NC(=O)c1cc(C2CC2)[nH]n1)c1cc(Cl)cc(Cl)c1. The number of aromatic nitrogens is 2. The van der Waals surface area contributed by atoms with E-state index in [0.717, 1.165) is 24.1 Å². The van der Waals surface area contributed by atoms with Gasteiger partial charge in [0.25, 0.3) is 5.91 Å². The predicted molar refractivity (Wildman–Crippen MR) is 86.7 cm³/mol. The third-order valence-corrected chi connectivity index (χ3v) is 3.89. The van der Waals surface area contributed by atoms with E-state index in [2.05, 4.69) is 20.7 Å². The standard InChI is InChI=1S/C15H14Cl2N4O/c1-8(10-4-11(16)6-12(17)5-10)18-21-15(22)14-7-13(19-20-14)9-2-3-9/h4-7,9H,2-3H2,1H3,(H,19,20)(H,21,22)/b18-8-. The lowest BCUT2D eigenvalue weighted by molar-refractivity contribution is 0.0950. The van der Waals surface area contributed by atoms with E-state index in [1.165, 1.54) is 0 Å². The number of benzene rings is 1. The Morgan fingerprint density at radius 1 is 1.27 bits per heavy atom. The van der Waals surface area contributed by atoms with Gasteiger partial charge in [-0.15, -0.1) is 0 Å². The fourth-order valence-electron chi connectivity index (χ4n) is 2.08. The molecule has 1 saturated carbocycles. The van der Waals surface area contributed by atoms with Gasteiger partial charge in [0.05, 0.1) is 5.71 Å². The molecule has 0 aliphatic heterocycles. The summed E-state index contributed by atoms with van der Waals surface area (Å²) in [5.74, 6) is 0.170. The number of hydrogen-bond donors (Lipinski definition) is 2. The second kappa shape index (κ2) is 6.10. The van der Waals surface area contributed by atoms with Crippen LogP contribution in [0.3, 0.4) is 0 Å². The second-order valence-electron chi connectivity index (χ2n) is 5.28. The smallest absolute Gasteiger partial charge is 0.281 e. The van der Waals surface area contributed by atoms with Gasteiger partial charge in [-0.3, -0.25) is 9.89 Å². The average molecular weight is 337 g/mol. The van der Waals surface area contributed by atoms with Crippen molar-refractivity contribution in [3.63, 3.8) is 0 Å². The van der Waals surface area contributed by atoms with Crippen molar-refractivity contribution in [1.29, 1.82) is 0 Å².